The summed E-state index contributed by atoms with van der Waals surface area (Å²) in [6, 6.07) is 5.38. The molecule has 0 atom stereocenters. The van der Waals surface area contributed by atoms with Crippen LogP contribution >= 0.6 is 0 Å². The molecule has 0 saturated heterocycles. The number of carbonyl (C=O) groups is 1. The van der Waals surface area contributed by atoms with Crippen molar-refractivity contribution in [2.75, 3.05) is 0 Å². The van der Waals surface area contributed by atoms with Crippen molar-refractivity contribution < 1.29 is 9.72 Å². The first-order valence-electron chi connectivity index (χ1n) is 4.98. The van der Waals surface area contributed by atoms with Gasteiger partial charge >= 0.3 is 0 Å². The Labute approximate surface area is 98.5 Å². The van der Waals surface area contributed by atoms with Gasteiger partial charge in [0.2, 0.25) is 0 Å². The van der Waals surface area contributed by atoms with Crippen molar-refractivity contribution >= 4 is 11.6 Å². The molecular formula is C11H13N3O3. The van der Waals surface area contributed by atoms with E-state index in [1.807, 2.05) is 6.92 Å². The van der Waals surface area contributed by atoms with Crippen LogP contribution in [0.15, 0.2) is 36.0 Å². The molecule has 1 amide bonds. The number of nitro benzene ring substituents is 1. The number of nitrogens with zero attached hydrogens (tertiary/aromatic N) is 1. The minimum Gasteiger partial charge on any atom is -0.303 e. The highest BCUT2D eigenvalue weighted by atomic mass is 16.6. The highest BCUT2D eigenvalue weighted by molar-refractivity contribution is 5.94. The first kappa shape index (κ1) is 12.7. The summed E-state index contributed by atoms with van der Waals surface area (Å²) in [4.78, 5) is 21.5. The number of amides is 1. The normalized spacial score (nSPS) is 10.8. The topological polar surface area (TPSA) is 84.3 Å². The Balaban J connectivity index is 2.67. The van der Waals surface area contributed by atoms with E-state index < -0.39 is 4.92 Å². The third kappa shape index (κ3) is 3.60. The predicted molar refractivity (Wildman–Crippen MR) is 63.1 cm³/mol. The Kier molecular flexibility index (Phi) is 4.21. The van der Waals surface area contributed by atoms with Gasteiger partial charge in [-0.05, 0) is 26.0 Å². The van der Waals surface area contributed by atoms with Crippen molar-refractivity contribution in [2.45, 2.75) is 13.8 Å². The largest absolute Gasteiger partial charge is 0.303 e. The van der Waals surface area contributed by atoms with E-state index in [-0.39, 0.29) is 11.6 Å². The van der Waals surface area contributed by atoms with E-state index in [4.69, 9.17) is 0 Å². The summed E-state index contributed by atoms with van der Waals surface area (Å²) in [6.07, 6.45) is 1.80. The van der Waals surface area contributed by atoms with Crippen molar-refractivity contribution in [3.05, 3.63) is 51.7 Å². The molecule has 6 nitrogen and oxygen atoms in total. The summed E-state index contributed by atoms with van der Waals surface area (Å²) >= 11 is 0. The maximum absolute atomic E-state index is 11.6. The third-order valence-corrected chi connectivity index (χ3v) is 2.15. The lowest BCUT2D eigenvalue weighted by Gasteiger charge is -2.07. The lowest BCUT2D eigenvalue weighted by molar-refractivity contribution is -0.384. The number of nitro groups is 1. The van der Waals surface area contributed by atoms with Crippen molar-refractivity contribution in [3.63, 3.8) is 0 Å². The molecule has 0 spiro atoms. The maximum Gasteiger partial charge on any atom is 0.269 e. The summed E-state index contributed by atoms with van der Waals surface area (Å²) in [5, 5.41) is 10.4. The zero-order chi connectivity index (χ0) is 12.8. The number of rotatable bonds is 4. The highest BCUT2D eigenvalue weighted by Crippen LogP contribution is 2.11. The number of hydrogen-bond acceptors (Lipinski definition) is 4. The molecular weight excluding hydrogens is 222 g/mol. The fourth-order valence-corrected chi connectivity index (χ4v) is 1.03. The van der Waals surface area contributed by atoms with Gasteiger partial charge in [0.1, 0.15) is 0 Å². The molecule has 17 heavy (non-hydrogen) atoms. The van der Waals surface area contributed by atoms with Crippen molar-refractivity contribution in [1.29, 1.82) is 0 Å². The Hall–Kier alpha value is -2.37. The van der Waals surface area contributed by atoms with E-state index in [0.717, 1.165) is 5.70 Å². The lowest BCUT2D eigenvalue weighted by Crippen LogP contribution is -2.35. The fraction of sp³-hybridized carbons (Fsp3) is 0.182. The van der Waals surface area contributed by atoms with Gasteiger partial charge in [-0.3, -0.25) is 20.3 Å². The molecule has 6 heteroatoms. The van der Waals surface area contributed by atoms with Crippen LogP contribution in [0.2, 0.25) is 0 Å². The fourth-order valence-electron chi connectivity index (χ4n) is 1.03. The molecule has 0 heterocycles. The standard InChI is InChI=1S/C11H13N3O3/c1-3-8(2)12-13-11(15)9-4-6-10(7-5-9)14(16)17/h3-7,12H,1-2H3,(H,13,15). The zero-order valence-corrected chi connectivity index (χ0v) is 9.56. The molecule has 0 fully saturated rings. The second kappa shape index (κ2) is 5.64. The van der Waals surface area contributed by atoms with E-state index >= 15 is 0 Å². The van der Waals surface area contributed by atoms with Gasteiger partial charge in [0.25, 0.3) is 11.6 Å². The Morgan fingerprint density at radius 1 is 1.29 bits per heavy atom. The van der Waals surface area contributed by atoms with Crippen LogP contribution in [0.4, 0.5) is 5.69 Å². The van der Waals surface area contributed by atoms with Crippen LogP contribution in [0, 0.1) is 10.1 Å². The molecule has 0 aliphatic heterocycles. The van der Waals surface area contributed by atoms with Crippen LogP contribution in [0.5, 0.6) is 0 Å². The Morgan fingerprint density at radius 2 is 1.88 bits per heavy atom. The van der Waals surface area contributed by atoms with Gasteiger partial charge in [-0.2, -0.15) is 0 Å². The molecule has 1 aromatic carbocycles. The molecule has 0 radical (unpaired) electrons. The molecule has 0 saturated carbocycles. The number of hydrogen-bond donors (Lipinski definition) is 2. The molecule has 1 rings (SSSR count). The van der Waals surface area contributed by atoms with E-state index in [1.54, 1.807) is 13.0 Å². The molecule has 2 N–H and O–H groups in total. The second-order valence-corrected chi connectivity index (χ2v) is 3.35. The third-order valence-electron chi connectivity index (χ3n) is 2.15. The molecule has 1 aromatic rings. The van der Waals surface area contributed by atoms with Crippen LogP contribution in [0.3, 0.4) is 0 Å². The summed E-state index contributed by atoms with van der Waals surface area (Å²) in [7, 11) is 0. The molecule has 0 bridgehead atoms. The summed E-state index contributed by atoms with van der Waals surface area (Å²) in [5.41, 5.74) is 6.28. The summed E-state index contributed by atoms with van der Waals surface area (Å²) < 4.78 is 0. The van der Waals surface area contributed by atoms with Crippen LogP contribution < -0.4 is 10.9 Å². The van der Waals surface area contributed by atoms with Crippen LogP contribution in [0.1, 0.15) is 24.2 Å². The molecule has 0 unspecified atom stereocenters. The monoisotopic (exact) mass is 235 g/mol. The van der Waals surface area contributed by atoms with Crippen LogP contribution in [-0.4, -0.2) is 10.8 Å². The number of nitrogens with one attached hydrogen (secondary N) is 2. The van der Waals surface area contributed by atoms with Crippen LogP contribution in [-0.2, 0) is 0 Å². The maximum atomic E-state index is 11.6. The Bertz CT molecular complexity index is 452. The minimum absolute atomic E-state index is 0.0425. The van der Waals surface area contributed by atoms with Gasteiger partial charge in [-0.1, -0.05) is 6.08 Å². The van der Waals surface area contributed by atoms with Crippen LogP contribution in [0.25, 0.3) is 0 Å². The van der Waals surface area contributed by atoms with Crippen molar-refractivity contribution in [3.8, 4) is 0 Å². The smallest absolute Gasteiger partial charge is 0.269 e. The number of carbonyl (C=O) groups excluding carboxylic acids is 1. The number of hydrazine groups is 1. The average Bonchev–Trinajstić information content (AvgIpc) is 2.35. The van der Waals surface area contributed by atoms with E-state index in [1.165, 1.54) is 24.3 Å². The van der Waals surface area contributed by atoms with Crippen molar-refractivity contribution in [2.24, 2.45) is 0 Å². The zero-order valence-electron chi connectivity index (χ0n) is 9.56. The highest BCUT2D eigenvalue weighted by Gasteiger charge is 2.08. The predicted octanol–water partition coefficient (Wildman–Crippen LogP) is 1.75. The first-order chi connectivity index (χ1) is 8.04. The van der Waals surface area contributed by atoms with Gasteiger partial charge in [-0.15, -0.1) is 0 Å². The molecule has 0 aliphatic rings. The quantitative estimate of drug-likeness (QED) is 0.615. The SMILES string of the molecule is CC=C(C)NNC(=O)c1ccc([N+](=O)[O-])cc1. The molecule has 90 valence electrons. The first-order valence-corrected chi connectivity index (χ1v) is 4.98. The molecule has 0 aliphatic carbocycles. The van der Waals surface area contributed by atoms with E-state index in [9.17, 15) is 14.9 Å². The lowest BCUT2D eigenvalue weighted by atomic mass is 10.2. The van der Waals surface area contributed by atoms with Gasteiger partial charge in [0.05, 0.1) is 4.92 Å². The average molecular weight is 235 g/mol. The van der Waals surface area contributed by atoms with Gasteiger partial charge in [0.15, 0.2) is 0 Å². The van der Waals surface area contributed by atoms with E-state index in [2.05, 4.69) is 10.9 Å². The second-order valence-electron chi connectivity index (χ2n) is 3.35. The van der Waals surface area contributed by atoms with E-state index in [0.29, 0.717) is 5.56 Å². The van der Waals surface area contributed by atoms with Gasteiger partial charge in [0, 0.05) is 23.4 Å². The minimum atomic E-state index is -0.510. The number of benzene rings is 1. The number of non-ortho nitro benzene ring substituents is 1. The Morgan fingerprint density at radius 3 is 2.35 bits per heavy atom. The van der Waals surface area contributed by atoms with Gasteiger partial charge < -0.3 is 5.43 Å². The number of allylic oxidation sites excluding steroid dienone is 2. The van der Waals surface area contributed by atoms with Gasteiger partial charge in [-0.25, -0.2) is 0 Å². The van der Waals surface area contributed by atoms with Crippen molar-refractivity contribution in [1.82, 2.24) is 10.9 Å². The summed E-state index contributed by atoms with van der Waals surface area (Å²) in [5.74, 6) is -0.346. The molecule has 0 aromatic heterocycles. The summed E-state index contributed by atoms with van der Waals surface area (Å²) in [6.45, 7) is 3.64.